The Morgan fingerprint density at radius 1 is 1.16 bits per heavy atom. The van der Waals surface area contributed by atoms with Gasteiger partial charge in [0.2, 0.25) is 0 Å². The zero-order chi connectivity index (χ0) is 13.7. The van der Waals surface area contributed by atoms with Crippen LogP contribution in [0.2, 0.25) is 10.0 Å². The van der Waals surface area contributed by atoms with Crippen molar-refractivity contribution in [3.8, 4) is 0 Å². The highest BCUT2D eigenvalue weighted by atomic mass is 35.5. The molecular weight excluding hydrogens is 301 g/mol. The SMILES string of the molecule is CCCNCc1nnc(Cc2ccc(Cl)c(Cl)c2)s1. The van der Waals surface area contributed by atoms with Crippen molar-refractivity contribution in [3.05, 3.63) is 43.8 Å². The van der Waals surface area contributed by atoms with E-state index in [1.807, 2.05) is 18.2 Å². The first-order chi connectivity index (χ1) is 9.19. The van der Waals surface area contributed by atoms with Gasteiger partial charge < -0.3 is 5.32 Å². The zero-order valence-corrected chi connectivity index (χ0v) is 12.9. The number of nitrogens with zero attached hydrogens (tertiary/aromatic N) is 2. The number of benzene rings is 1. The standard InChI is InChI=1S/C13H15Cl2N3S/c1-2-5-16-8-13-18-17-12(19-13)7-9-3-4-10(14)11(15)6-9/h3-4,6,16H,2,5,7-8H2,1H3. The predicted molar refractivity (Wildman–Crippen MR) is 81.2 cm³/mol. The van der Waals surface area contributed by atoms with E-state index < -0.39 is 0 Å². The Kier molecular flexibility index (Phi) is 5.58. The van der Waals surface area contributed by atoms with E-state index in [1.54, 1.807) is 11.3 Å². The van der Waals surface area contributed by atoms with E-state index in [0.29, 0.717) is 10.0 Å². The highest BCUT2D eigenvalue weighted by Crippen LogP contribution is 2.24. The van der Waals surface area contributed by atoms with E-state index >= 15 is 0 Å². The topological polar surface area (TPSA) is 37.8 Å². The molecule has 102 valence electrons. The van der Waals surface area contributed by atoms with Gasteiger partial charge in [-0.1, -0.05) is 47.5 Å². The molecule has 1 N–H and O–H groups in total. The number of hydrogen-bond acceptors (Lipinski definition) is 4. The van der Waals surface area contributed by atoms with Crippen molar-refractivity contribution in [2.24, 2.45) is 0 Å². The van der Waals surface area contributed by atoms with Gasteiger partial charge in [-0.2, -0.15) is 0 Å². The van der Waals surface area contributed by atoms with Crippen LogP contribution in [0, 0.1) is 0 Å². The summed E-state index contributed by atoms with van der Waals surface area (Å²) in [4.78, 5) is 0. The molecule has 1 aromatic carbocycles. The minimum atomic E-state index is 0.576. The van der Waals surface area contributed by atoms with Gasteiger partial charge in [0, 0.05) is 13.0 Å². The number of rotatable bonds is 6. The molecule has 1 heterocycles. The monoisotopic (exact) mass is 315 g/mol. The smallest absolute Gasteiger partial charge is 0.131 e. The van der Waals surface area contributed by atoms with Crippen LogP contribution in [0.4, 0.5) is 0 Å². The van der Waals surface area contributed by atoms with Gasteiger partial charge >= 0.3 is 0 Å². The molecule has 6 heteroatoms. The molecule has 0 spiro atoms. The van der Waals surface area contributed by atoms with Gasteiger partial charge in [-0.3, -0.25) is 0 Å². The van der Waals surface area contributed by atoms with E-state index in [9.17, 15) is 0 Å². The Morgan fingerprint density at radius 2 is 1.95 bits per heavy atom. The van der Waals surface area contributed by atoms with Crippen LogP contribution in [-0.2, 0) is 13.0 Å². The molecule has 2 aromatic rings. The highest BCUT2D eigenvalue weighted by molar-refractivity contribution is 7.11. The summed E-state index contributed by atoms with van der Waals surface area (Å²) in [6.07, 6.45) is 1.86. The molecule has 0 unspecified atom stereocenters. The fourth-order valence-electron chi connectivity index (χ4n) is 1.63. The molecular formula is C13H15Cl2N3S. The third kappa shape index (κ3) is 4.42. The second-order valence-electron chi connectivity index (χ2n) is 4.19. The first-order valence-electron chi connectivity index (χ1n) is 6.15. The second kappa shape index (κ2) is 7.20. The molecule has 19 heavy (non-hydrogen) atoms. The van der Waals surface area contributed by atoms with E-state index in [0.717, 1.165) is 41.5 Å². The Bertz CT molecular complexity index is 542. The molecule has 3 nitrogen and oxygen atoms in total. The van der Waals surface area contributed by atoms with Crippen molar-refractivity contribution in [2.75, 3.05) is 6.54 Å². The molecule has 1 aromatic heterocycles. The number of halogens is 2. The maximum Gasteiger partial charge on any atom is 0.131 e. The summed E-state index contributed by atoms with van der Waals surface area (Å²) in [5.41, 5.74) is 1.10. The van der Waals surface area contributed by atoms with Gasteiger partial charge in [0.15, 0.2) is 0 Å². The summed E-state index contributed by atoms with van der Waals surface area (Å²) in [7, 11) is 0. The fraction of sp³-hybridized carbons (Fsp3) is 0.385. The lowest BCUT2D eigenvalue weighted by molar-refractivity contribution is 0.668. The average molecular weight is 316 g/mol. The van der Waals surface area contributed by atoms with Crippen molar-refractivity contribution < 1.29 is 0 Å². The third-order valence-corrected chi connectivity index (χ3v) is 4.21. The number of hydrogen-bond donors (Lipinski definition) is 1. The molecule has 0 aliphatic carbocycles. The van der Waals surface area contributed by atoms with Gasteiger partial charge in [0.25, 0.3) is 0 Å². The average Bonchev–Trinajstić information content (AvgIpc) is 2.82. The van der Waals surface area contributed by atoms with Crippen LogP contribution in [0.15, 0.2) is 18.2 Å². The molecule has 0 amide bonds. The molecule has 0 saturated carbocycles. The third-order valence-electron chi connectivity index (χ3n) is 2.55. The molecule has 0 radical (unpaired) electrons. The summed E-state index contributed by atoms with van der Waals surface area (Å²) >= 11 is 13.5. The zero-order valence-electron chi connectivity index (χ0n) is 10.6. The number of aromatic nitrogens is 2. The lowest BCUT2D eigenvalue weighted by Crippen LogP contribution is -2.13. The molecule has 0 aliphatic rings. The molecule has 0 saturated heterocycles. The Morgan fingerprint density at radius 3 is 2.68 bits per heavy atom. The highest BCUT2D eigenvalue weighted by Gasteiger charge is 2.06. The maximum absolute atomic E-state index is 6.00. The Balaban J connectivity index is 1.97. The van der Waals surface area contributed by atoms with Gasteiger partial charge in [-0.15, -0.1) is 10.2 Å². The lowest BCUT2D eigenvalue weighted by atomic mass is 10.2. The van der Waals surface area contributed by atoms with Crippen LogP contribution in [0.25, 0.3) is 0 Å². The number of nitrogens with one attached hydrogen (secondary N) is 1. The quantitative estimate of drug-likeness (QED) is 0.821. The predicted octanol–water partition coefficient (Wildman–Crippen LogP) is 3.94. The van der Waals surface area contributed by atoms with Gasteiger partial charge in [0.1, 0.15) is 10.0 Å². The van der Waals surface area contributed by atoms with Crippen LogP contribution >= 0.6 is 34.5 Å². The van der Waals surface area contributed by atoms with Crippen molar-refractivity contribution in [1.29, 1.82) is 0 Å². The molecule has 0 aliphatic heterocycles. The minimum Gasteiger partial charge on any atom is -0.310 e. The molecule has 0 atom stereocenters. The summed E-state index contributed by atoms with van der Waals surface area (Å²) in [6.45, 7) is 3.93. The Hall–Kier alpha value is -0.680. The summed E-state index contributed by atoms with van der Waals surface area (Å²) in [6, 6.07) is 5.65. The van der Waals surface area contributed by atoms with Crippen LogP contribution < -0.4 is 5.32 Å². The largest absolute Gasteiger partial charge is 0.310 e. The fourth-order valence-corrected chi connectivity index (χ4v) is 2.80. The van der Waals surface area contributed by atoms with E-state index in [-0.39, 0.29) is 0 Å². The van der Waals surface area contributed by atoms with Crippen molar-refractivity contribution in [2.45, 2.75) is 26.3 Å². The normalized spacial score (nSPS) is 10.9. The van der Waals surface area contributed by atoms with Crippen LogP contribution in [0.3, 0.4) is 0 Å². The summed E-state index contributed by atoms with van der Waals surface area (Å²) < 4.78 is 0. The maximum atomic E-state index is 6.00. The molecule has 0 bridgehead atoms. The van der Waals surface area contributed by atoms with Crippen LogP contribution in [0.5, 0.6) is 0 Å². The van der Waals surface area contributed by atoms with Gasteiger partial charge in [0.05, 0.1) is 10.0 Å². The first kappa shape index (κ1) is 14.7. The van der Waals surface area contributed by atoms with Gasteiger partial charge in [-0.25, -0.2) is 0 Å². The first-order valence-corrected chi connectivity index (χ1v) is 7.72. The Labute approximate surface area is 127 Å². The van der Waals surface area contributed by atoms with Crippen molar-refractivity contribution in [1.82, 2.24) is 15.5 Å². The second-order valence-corrected chi connectivity index (χ2v) is 6.15. The van der Waals surface area contributed by atoms with Crippen LogP contribution in [0.1, 0.15) is 28.9 Å². The molecule has 0 fully saturated rings. The summed E-state index contributed by atoms with van der Waals surface area (Å²) in [5, 5.41) is 14.8. The van der Waals surface area contributed by atoms with Crippen molar-refractivity contribution in [3.63, 3.8) is 0 Å². The van der Waals surface area contributed by atoms with E-state index in [2.05, 4.69) is 22.4 Å². The van der Waals surface area contributed by atoms with E-state index in [4.69, 9.17) is 23.2 Å². The minimum absolute atomic E-state index is 0.576. The molecule has 2 rings (SSSR count). The van der Waals surface area contributed by atoms with Crippen molar-refractivity contribution >= 4 is 34.5 Å². The van der Waals surface area contributed by atoms with E-state index in [1.165, 1.54) is 0 Å². The lowest BCUT2D eigenvalue weighted by Gasteiger charge is -2.00. The van der Waals surface area contributed by atoms with Crippen LogP contribution in [-0.4, -0.2) is 16.7 Å². The van der Waals surface area contributed by atoms with Gasteiger partial charge in [-0.05, 0) is 30.7 Å². The summed E-state index contributed by atoms with van der Waals surface area (Å²) in [5.74, 6) is 0.